The first-order valence-electron chi connectivity index (χ1n) is 11.2. The predicted octanol–water partition coefficient (Wildman–Crippen LogP) is 4.02. The van der Waals surface area contributed by atoms with Gasteiger partial charge in [0.15, 0.2) is 0 Å². The molecule has 0 saturated heterocycles. The largest absolute Gasteiger partial charge is 0.497 e. The van der Waals surface area contributed by atoms with Crippen molar-refractivity contribution in [1.82, 2.24) is 24.6 Å². The summed E-state index contributed by atoms with van der Waals surface area (Å²) < 4.78 is 35.4. The first-order chi connectivity index (χ1) is 16.9. The Morgan fingerprint density at radius 3 is 2.83 bits per heavy atom. The van der Waals surface area contributed by atoms with Crippen LogP contribution in [0.2, 0.25) is 0 Å². The first kappa shape index (κ1) is 23.5. The molecule has 7 nitrogen and oxygen atoms in total. The molecule has 2 atom stereocenters. The lowest BCUT2D eigenvalue weighted by Crippen LogP contribution is -2.53. The van der Waals surface area contributed by atoms with Crippen molar-refractivity contribution in [3.8, 4) is 16.3 Å². The molecule has 2 aromatic carbocycles. The Balaban J connectivity index is 1.45. The molecule has 1 N–H and O–H groups in total. The molecule has 182 valence electrons. The number of benzene rings is 2. The second kappa shape index (κ2) is 9.44. The second-order valence-electron chi connectivity index (χ2n) is 8.66. The number of rotatable bonds is 7. The van der Waals surface area contributed by atoms with Crippen LogP contribution < -0.4 is 4.74 Å². The second-order valence-corrected chi connectivity index (χ2v) is 9.74. The van der Waals surface area contributed by atoms with Crippen molar-refractivity contribution >= 4 is 11.3 Å². The lowest BCUT2D eigenvalue weighted by molar-refractivity contribution is -0.0675. The number of aliphatic hydroxyl groups is 1. The number of hydrogen-bond donors (Lipinski definition) is 1. The van der Waals surface area contributed by atoms with E-state index < -0.39 is 23.3 Å². The Hall–Kier alpha value is -3.21. The van der Waals surface area contributed by atoms with E-state index in [-0.39, 0.29) is 12.1 Å². The molecule has 0 bridgehead atoms. The van der Waals surface area contributed by atoms with Crippen molar-refractivity contribution in [2.24, 2.45) is 0 Å². The molecule has 2 aromatic heterocycles. The van der Waals surface area contributed by atoms with Crippen molar-refractivity contribution < 1.29 is 18.6 Å². The van der Waals surface area contributed by atoms with Gasteiger partial charge in [0.25, 0.3) is 0 Å². The molecule has 0 aliphatic carbocycles. The van der Waals surface area contributed by atoms with Gasteiger partial charge < -0.3 is 9.84 Å². The zero-order valence-electron chi connectivity index (χ0n) is 19.4. The van der Waals surface area contributed by atoms with E-state index in [2.05, 4.69) is 15.0 Å². The Morgan fingerprint density at radius 1 is 1.23 bits per heavy atom. The molecule has 5 rings (SSSR count). The summed E-state index contributed by atoms with van der Waals surface area (Å²) >= 11 is 1.60. The standard InChI is InChI=1S/C25H25F2N5O2S/c1-16(25(33,13-32-15-28-14-29-32)20-7-6-18(26)11-21(20)27)31-9-8-22-23(12-31)35-24(30-22)17-4-3-5-19(10-17)34-2/h3-7,10-11,14-16,33H,8-9,12-13H2,1-2H3/t16-,25-/m1/s1. The van der Waals surface area contributed by atoms with Gasteiger partial charge in [0.2, 0.25) is 0 Å². The van der Waals surface area contributed by atoms with Crippen LogP contribution in [0.1, 0.15) is 23.1 Å². The molecule has 10 heteroatoms. The molecule has 4 aromatic rings. The third-order valence-electron chi connectivity index (χ3n) is 6.58. The average Bonchev–Trinajstić information content (AvgIpc) is 3.52. The van der Waals surface area contributed by atoms with Gasteiger partial charge >= 0.3 is 0 Å². The fraction of sp³-hybridized carbons (Fsp3) is 0.320. The minimum atomic E-state index is -1.68. The summed E-state index contributed by atoms with van der Waals surface area (Å²) in [7, 11) is 1.63. The van der Waals surface area contributed by atoms with Crippen LogP contribution in [0.3, 0.4) is 0 Å². The average molecular weight is 498 g/mol. The number of thiazole rings is 1. The van der Waals surface area contributed by atoms with Gasteiger partial charge in [-0.2, -0.15) is 5.10 Å². The normalized spacial score (nSPS) is 16.5. The van der Waals surface area contributed by atoms with Crippen LogP contribution in [0, 0.1) is 11.6 Å². The van der Waals surface area contributed by atoms with Gasteiger partial charge in [0.05, 0.1) is 19.3 Å². The summed E-state index contributed by atoms with van der Waals surface area (Å²) in [5.41, 5.74) is 0.362. The smallest absolute Gasteiger partial charge is 0.137 e. The fourth-order valence-corrected chi connectivity index (χ4v) is 5.70. The van der Waals surface area contributed by atoms with Crippen LogP contribution in [0.25, 0.3) is 10.6 Å². The van der Waals surface area contributed by atoms with Crippen molar-refractivity contribution in [1.29, 1.82) is 0 Å². The highest BCUT2D eigenvalue weighted by molar-refractivity contribution is 7.15. The molecule has 1 aliphatic rings. The van der Waals surface area contributed by atoms with Crippen LogP contribution in [0.5, 0.6) is 5.75 Å². The molecule has 0 saturated carbocycles. The Morgan fingerprint density at radius 2 is 2.09 bits per heavy atom. The van der Waals surface area contributed by atoms with E-state index >= 15 is 0 Å². The highest BCUT2D eigenvalue weighted by atomic mass is 32.1. The van der Waals surface area contributed by atoms with Gasteiger partial charge in [-0.3, -0.25) is 4.90 Å². The SMILES string of the molecule is COc1cccc(-c2nc3c(s2)CN([C@H](C)[C@](O)(Cn2cncn2)c2ccc(F)cc2F)CC3)c1. The van der Waals surface area contributed by atoms with Gasteiger partial charge in [-0.15, -0.1) is 11.3 Å². The third kappa shape index (κ3) is 4.56. The first-order valence-corrected chi connectivity index (χ1v) is 12.1. The van der Waals surface area contributed by atoms with Crippen molar-refractivity contribution in [3.63, 3.8) is 0 Å². The lowest BCUT2D eigenvalue weighted by atomic mass is 9.85. The molecular formula is C25H25F2N5O2S. The molecule has 35 heavy (non-hydrogen) atoms. The van der Waals surface area contributed by atoms with Crippen LogP contribution >= 0.6 is 11.3 Å². The predicted molar refractivity (Wildman–Crippen MR) is 128 cm³/mol. The molecule has 1 aliphatic heterocycles. The van der Waals surface area contributed by atoms with E-state index in [4.69, 9.17) is 9.72 Å². The van der Waals surface area contributed by atoms with E-state index in [1.165, 1.54) is 23.4 Å². The zero-order valence-corrected chi connectivity index (χ0v) is 20.2. The minimum Gasteiger partial charge on any atom is -0.497 e. The number of fused-ring (bicyclic) bond motifs is 1. The topological polar surface area (TPSA) is 76.3 Å². The number of nitrogens with zero attached hydrogens (tertiary/aromatic N) is 5. The van der Waals surface area contributed by atoms with Gasteiger partial charge in [0.1, 0.15) is 40.6 Å². The molecular weight excluding hydrogens is 472 g/mol. The number of aromatic nitrogens is 4. The molecule has 0 radical (unpaired) electrons. The van der Waals surface area contributed by atoms with Crippen LogP contribution in [-0.4, -0.2) is 49.5 Å². The monoisotopic (exact) mass is 497 g/mol. The molecule has 0 unspecified atom stereocenters. The number of methoxy groups -OCH3 is 1. The van der Waals surface area contributed by atoms with Gasteiger partial charge in [-0.05, 0) is 25.1 Å². The number of halogens is 2. The molecule has 3 heterocycles. The van der Waals surface area contributed by atoms with Crippen molar-refractivity contribution in [2.45, 2.75) is 38.1 Å². The van der Waals surface area contributed by atoms with E-state index in [9.17, 15) is 13.9 Å². The van der Waals surface area contributed by atoms with E-state index in [0.29, 0.717) is 19.5 Å². The number of hydrogen-bond acceptors (Lipinski definition) is 7. The Bertz CT molecular complexity index is 1330. The van der Waals surface area contributed by atoms with E-state index in [1.54, 1.807) is 18.4 Å². The summed E-state index contributed by atoms with van der Waals surface area (Å²) in [5.74, 6) is -0.722. The van der Waals surface area contributed by atoms with Crippen molar-refractivity contribution in [3.05, 3.63) is 82.9 Å². The summed E-state index contributed by atoms with van der Waals surface area (Å²) in [6.45, 7) is 3.02. The Labute approximate surface area is 205 Å². The highest BCUT2D eigenvalue weighted by Gasteiger charge is 2.43. The maximum absolute atomic E-state index is 14.9. The van der Waals surface area contributed by atoms with E-state index in [1.807, 2.05) is 31.2 Å². The van der Waals surface area contributed by atoms with Gasteiger partial charge in [-0.25, -0.2) is 23.4 Å². The van der Waals surface area contributed by atoms with Gasteiger partial charge in [0, 0.05) is 47.6 Å². The summed E-state index contributed by atoms with van der Waals surface area (Å²) in [5, 5.41) is 16.9. The maximum Gasteiger partial charge on any atom is 0.137 e. The van der Waals surface area contributed by atoms with Crippen LogP contribution in [-0.2, 0) is 25.1 Å². The lowest BCUT2D eigenvalue weighted by Gasteiger charge is -2.42. The quantitative estimate of drug-likeness (QED) is 0.416. The maximum atomic E-state index is 14.9. The fourth-order valence-electron chi connectivity index (χ4n) is 4.57. The van der Waals surface area contributed by atoms with Crippen LogP contribution in [0.4, 0.5) is 8.78 Å². The summed E-state index contributed by atoms with van der Waals surface area (Å²) in [6, 6.07) is 10.5. The zero-order chi connectivity index (χ0) is 24.6. The molecule has 0 amide bonds. The third-order valence-corrected chi connectivity index (χ3v) is 7.71. The summed E-state index contributed by atoms with van der Waals surface area (Å²) in [4.78, 5) is 12.0. The Kier molecular flexibility index (Phi) is 6.35. The van der Waals surface area contributed by atoms with Gasteiger partial charge in [-0.1, -0.05) is 18.2 Å². The highest BCUT2D eigenvalue weighted by Crippen LogP contribution is 2.37. The molecule has 0 spiro atoms. The van der Waals surface area contributed by atoms with Crippen LogP contribution in [0.15, 0.2) is 55.1 Å². The van der Waals surface area contributed by atoms with Crippen molar-refractivity contribution in [2.75, 3.05) is 13.7 Å². The summed E-state index contributed by atoms with van der Waals surface area (Å²) in [6.07, 6.45) is 3.53. The minimum absolute atomic E-state index is 0.0223. The van der Waals surface area contributed by atoms with E-state index in [0.717, 1.165) is 39.0 Å². The molecule has 0 fully saturated rings. The number of ether oxygens (including phenoxy) is 1.